The normalized spacial score (nSPS) is 15.2. The summed E-state index contributed by atoms with van der Waals surface area (Å²) in [7, 11) is -3.11. The van der Waals surface area contributed by atoms with Crippen molar-refractivity contribution in [3.8, 4) is 28.1 Å². The average molecular weight is 638 g/mol. The fourth-order valence-electron chi connectivity index (χ4n) is 5.56. The molecule has 238 valence electrons. The molecule has 44 heavy (non-hydrogen) atoms. The van der Waals surface area contributed by atoms with E-state index in [1.165, 1.54) is 6.42 Å². The van der Waals surface area contributed by atoms with Gasteiger partial charge in [0.2, 0.25) is 10.0 Å². The Bertz CT molecular complexity index is 1710. The lowest BCUT2D eigenvalue weighted by atomic mass is 9.97. The Balaban J connectivity index is 1.66. The van der Waals surface area contributed by atoms with Crippen LogP contribution < -0.4 is 9.46 Å². The van der Waals surface area contributed by atoms with Crippen LogP contribution in [0.4, 0.5) is 0 Å². The number of aromatic nitrogens is 4. The zero-order valence-electron chi connectivity index (χ0n) is 27.2. The van der Waals surface area contributed by atoms with Gasteiger partial charge in [0.25, 0.3) is 0 Å². The van der Waals surface area contributed by atoms with Crippen molar-refractivity contribution in [1.29, 1.82) is 0 Å². The molecule has 9 nitrogen and oxygen atoms in total. The lowest BCUT2D eigenvalue weighted by molar-refractivity contribution is 0.0818. The molecule has 0 bridgehead atoms. The monoisotopic (exact) mass is 637 g/mol. The smallest absolute Gasteiger partial charge is 0.241 e. The number of hydrogen-bond donors (Lipinski definition) is 1. The minimum atomic E-state index is -3.75. The van der Waals surface area contributed by atoms with E-state index in [2.05, 4.69) is 41.6 Å². The van der Waals surface area contributed by atoms with Gasteiger partial charge in [-0.2, -0.15) is 10.2 Å². The Morgan fingerprint density at radius 1 is 1.02 bits per heavy atom. The first-order valence-corrected chi connectivity index (χ1v) is 20.8. The van der Waals surface area contributed by atoms with Crippen LogP contribution in [0.2, 0.25) is 25.7 Å². The number of benzene rings is 2. The number of nitrogens with zero attached hydrogens (tertiary/aromatic N) is 4. The summed E-state index contributed by atoms with van der Waals surface area (Å²) < 4.78 is 46.1. The van der Waals surface area contributed by atoms with Gasteiger partial charge in [-0.25, -0.2) is 17.8 Å². The molecule has 1 aliphatic carbocycles. The maximum Gasteiger partial charge on any atom is 0.241 e. The predicted octanol–water partition coefficient (Wildman–Crippen LogP) is 7.20. The number of nitrogens with one attached hydrogen (secondary N) is 1. The highest BCUT2D eigenvalue weighted by Crippen LogP contribution is 2.40. The van der Waals surface area contributed by atoms with Crippen LogP contribution >= 0.6 is 0 Å². The van der Waals surface area contributed by atoms with Crippen LogP contribution in [0.1, 0.15) is 52.9 Å². The van der Waals surface area contributed by atoms with Crippen molar-refractivity contribution < 1.29 is 17.9 Å². The Labute approximate surface area is 263 Å². The molecule has 1 N–H and O–H groups in total. The molecule has 5 rings (SSSR count). The van der Waals surface area contributed by atoms with Gasteiger partial charge in [0.1, 0.15) is 18.2 Å². The number of sulfonamides is 1. The number of ether oxygens (including phenoxy) is 2. The SMILES string of the molecule is Cn1cc(-c2cc(OC3CCCCC3)c3c(-c4cccc(S(=O)(=O)NC(C)(C)C)c4)nn(COCC[Si](C)(C)C)c3c2)cn1. The lowest BCUT2D eigenvalue weighted by Crippen LogP contribution is -2.40. The van der Waals surface area contributed by atoms with E-state index in [4.69, 9.17) is 14.6 Å². The zero-order chi connectivity index (χ0) is 31.7. The predicted molar refractivity (Wildman–Crippen MR) is 179 cm³/mol. The molecule has 0 saturated heterocycles. The molecule has 0 spiro atoms. The Morgan fingerprint density at radius 2 is 1.77 bits per heavy atom. The summed E-state index contributed by atoms with van der Waals surface area (Å²) >= 11 is 0. The maximum atomic E-state index is 13.3. The number of rotatable bonds is 11. The second-order valence-corrected chi connectivity index (χ2v) is 21.5. The van der Waals surface area contributed by atoms with Crippen molar-refractivity contribution in [2.24, 2.45) is 7.05 Å². The Hall–Kier alpha value is -2.99. The summed E-state index contributed by atoms with van der Waals surface area (Å²) in [5, 5.41) is 10.3. The highest BCUT2D eigenvalue weighted by Gasteiger charge is 2.26. The third-order valence-corrected chi connectivity index (χ3v) is 11.2. The summed E-state index contributed by atoms with van der Waals surface area (Å²) in [4.78, 5) is 0.195. The van der Waals surface area contributed by atoms with E-state index in [0.717, 1.165) is 59.5 Å². The van der Waals surface area contributed by atoms with E-state index in [1.54, 1.807) is 22.9 Å². The van der Waals surface area contributed by atoms with Crippen molar-refractivity contribution in [3.63, 3.8) is 0 Å². The molecule has 0 unspecified atom stereocenters. The van der Waals surface area contributed by atoms with Crippen molar-refractivity contribution in [2.45, 2.75) is 102 Å². The summed E-state index contributed by atoms with van der Waals surface area (Å²) in [6.07, 6.45) is 9.50. The summed E-state index contributed by atoms with van der Waals surface area (Å²) in [6, 6.07) is 12.2. The molecule has 0 atom stereocenters. The standard InChI is InChI=1S/C33H47N5O4SSi/c1-33(2,3)36-43(39,40)28-15-11-12-24(18-28)32-31-29(38(35-32)23-41-16-17-44(5,6)7)19-25(26-21-34-37(4)22-26)20-30(31)42-27-13-9-8-10-14-27/h11-12,15,18-22,27,36H,8-10,13-14,16-17,23H2,1-7H3. The van der Waals surface area contributed by atoms with Gasteiger partial charge < -0.3 is 9.47 Å². The van der Waals surface area contributed by atoms with Gasteiger partial charge in [-0.3, -0.25) is 4.68 Å². The molecule has 2 aromatic carbocycles. The first kappa shape index (κ1) is 32.4. The molecule has 0 amide bonds. The van der Waals surface area contributed by atoms with Crippen molar-refractivity contribution in [3.05, 3.63) is 48.8 Å². The number of fused-ring (bicyclic) bond motifs is 1. The molecule has 1 fully saturated rings. The highest BCUT2D eigenvalue weighted by molar-refractivity contribution is 7.89. The molecule has 0 aliphatic heterocycles. The fourth-order valence-corrected chi connectivity index (χ4v) is 7.78. The average Bonchev–Trinajstić information content (AvgIpc) is 3.54. The molecule has 2 aromatic heterocycles. The topological polar surface area (TPSA) is 100 Å². The maximum absolute atomic E-state index is 13.3. The van der Waals surface area contributed by atoms with Crippen LogP contribution in [0.15, 0.2) is 53.7 Å². The van der Waals surface area contributed by atoms with E-state index < -0.39 is 23.6 Å². The summed E-state index contributed by atoms with van der Waals surface area (Å²) in [6.45, 7) is 13.4. The van der Waals surface area contributed by atoms with Crippen LogP contribution in [-0.2, 0) is 28.5 Å². The van der Waals surface area contributed by atoms with Gasteiger partial charge in [0, 0.05) is 44.6 Å². The van der Waals surface area contributed by atoms with Crippen LogP contribution in [0.25, 0.3) is 33.3 Å². The zero-order valence-corrected chi connectivity index (χ0v) is 29.0. The van der Waals surface area contributed by atoms with E-state index in [1.807, 2.05) is 51.0 Å². The first-order chi connectivity index (χ1) is 20.7. The van der Waals surface area contributed by atoms with E-state index in [9.17, 15) is 8.42 Å². The van der Waals surface area contributed by atoms with Crippen molar-refractivity contribution >= 4 is 29.0 Å². The Kier molecular flexibility index (Phi) is 9.41. The van der Waals surface area contributed by atoms with Gasteiger partial charge in [-0.05, 0) is 82.3 Å². The summed E-state index contributed by atoms with van der Waals surface area (Å²) in [5.41, 5.74) is 3.61. The van der Waals surface area contributed by atoms with Crippen LogP contribution in [-0.4, -0.2) is 54.3 Å². The largest absolute Gasteiger partial charge is 0.490 e. The van der Waals surface area contributed by atoms with Crippen molar-refractivity contribution in [1.82, 2.24) is 24.3 Å². The van der Waals surface area contributed by atoms with E-state index in [0.29, 0.717) is 17.9 Å². The quantitative estimate of drug-likeness (QED) is 0.138. The van der Waals surface area contributed by atoms with Gasteiger partial charge in [-0.1, -0.05) is 38.2 Å². The number of aryl methyl sites for hydroxylation is 1. The third kappa shape index (κ3) is 7.98. The van der Waals surface area contributed by atoms with Crippen LogP contribution in [0, 0.1) is 0 Å². The minimum Gasteiger partial charge on any atom is -0.490 e. The molecule has 1 saturated carbocycles. The molecule has 1 aliphatic rings. The number of hydrogen-bond acceptors (Lipinski definition) is 6. The molecular formula is C33H47N5O4SSi. The second kappa shape index (κ2) is 12.8. The van der Waals surface area contributed by atoms with Crippen molar-refractivity contribution in [2.75, 3.05) is 6.61 Å². The molecule has 0 radical (unpaired) electrons. The molecular weight excluding hydrogens is 591 g/mol. The van der Waals surface area contributed by atoms with Gasteiger partial charge in [-0.15, -0.1) is 0 Å². The first-order valence-electron chi connectivity index (χ1n) is 15.6. The Morgan fingerprint density at radius 3 is 2.43 bits per heavy atom. The molecule has 2 heterocycles. The molecule has 11 heteroatoms. The van der Waals surface area contributed by atoms with Crippen LogP contribution in [0.3, 0.4) is 0 Å². The van der Waals surface area contributed by atoms with Crippen LogP contribution in [0.5, 0.6) is 5.75 Å². The fraction of sp³-hybridized carbons (Fsp3) is 0.515. The van der Waals surface area contributed by atoms with E-state index in [-0.39, 0.29) is 17.7 Å². The third-order valence-electron chi connectivity index (χ3n) is 7.77. The van der Waals surface area contributed by atoms with Gasteiger partial charge in [0.05, 0.1) is 28.1 Å². The van der Waals surface area contributed by atoms with E-state index >= 15 is 0 Å². The van der Waals surface area contributed by atoms with Gasteiger partial charge >= 0.3 is 0 Å². The molecule has 4 aromatic rings. The second-order valence-electron chi connectivity index (χ2n) is 14.2. The highest BCUT2D eigenvalue weighted by atomic mass is 32.2. The lowest BCUT2D eigenvalue weighted by Gasteiger charge is -2.24. The minimum absolute atomic E-state index is 0.114. The summed E-state index contributed by atoms with van der Waals surface area (Å²) in [5.74, 6) is 0.748. The van der Waals surface area contributed by atoms with Gasteiger partial charge in [0.15, 0.2) is 0 Å².